The van der Waals surface area contributed by atoms with E-state index in [-0.39, 0.29) is 12.4 Å². The second-order valence-electron chi connectivity index (χ2n) is 3.64. The molecule has 1 heterocycles. The molecule has 0 aliphatic rings. The number of hydrogen-bond acceptors (Lipinski definition) is 8. The number of aliphatic hydroxyl groups is 2. The third kappa shape index (κ3) is 4.22. The van der Waals surface area contributed by atoms with Crippen LogP contribution < -0.4 is 11.2 Å². The normalized spacial score (nSPS) is 16.0. The van der Waals surface area contributed by atoms with Crippen LogP contribution in [0.2, 0.25) is 0 Å². The van der Waals surface area contributed by atoms with Gasteiger partial charge in [0.15, 0.2) is 0 Å². The molecule has 0 fully saturated rings. The maximum atomic E-state index is 10.8. The molecule has 0 aliphatic carbocycles. The molecule has 0 aliphatic heterocycles. The molecule has 1 unspecified atom stereocenters. The van der Waals surface area contributed by atoms with E-state index in [0.29, 0.717) is 0 Å². The van der Waals surface area contributed by atoms with Gasteiger partial charge in [0.2, 0.25) is 12.1 Å². The third-order valence-corrected chi connectivity index (χ3v) is 2.27. The Balaban J connectivity index is 2.61. The van der Waals surface area contributed by atoms with Gasteiger partial charge in [-0.2, -0.15) is 0 Å². The Morgan fingerprint density at radius 1 is 1.63 bits per heavy atom. The molecule has 1 aromatic rings. The SMILES string of the molecule is CNOC(OC)[C@@H](O)[C@@H](O)Cn1cnc(C(N)=O)n1. The van der Waals surface area contributed by atoms with Crippen molar-refractivity contribution in [2.24, 2.45) is 5.73 Å². The van der Waals surface area contributed by atoms with E-state index < -0.39 is 24.4 Å². The second-order valence-corrected chi connectivity index (χ2v) is 3.64. The molecule has 0 saturated heterocycles. The average Bonchev–Trinajstić information content (AvgIpc) is 2.83. The summed E-state index contributed by atoms with van der Waals surface area (Å²) in [4.78, 5) is 19.3. The second kappa shape index (κ2) is 7.11. The van der Waals surface area contributed by atoms with Crippen molar-refractivity contribution in [1.82, 2.24) is 20.2 Å². The van der Waals surface area contributed by atoms with E-state index in [1.54, 1.807) is 0 Å². The minimum atomic E-state index is -1.32. The first-order chi connectivity index (χ1) is 8.99. The number of hydroxylamine groups is 1. The summed E-state index contributed by atoms with van der Waals surface area (Å²) >= 11 is 0. The summed E-state index contributed by atoms with van der Waals surface area (Å²) < 4.78 is 6.02. The van der Waals surface area contributed by atoms with Crippen molar-refractivity contribution in [2.75, 3.05) is 14.2 Å². The number of nitrogens with one attached hydrogen (secondary N) is 1. The number of rotatable bonds is 8. The average molecular weight is 275 g/mol. The number of aliphatic hydroxyl groups excluding tert-OH is 2. The van der Waals surface area contributed by atoms with Gasteiger partial charge in [-0.25, -0.2) is 15.1 Å². The van der Waals surface area contributed by atoms with Crippen molar-refractivity contribution in [3.8, 4) is 0 Å². The molecule has 1 aromatic heterocycles. The molecule has 5 N–H and O–H groups in total. The molecular weight excluding hydrogens is 258 g/mol. The van der Waals surface area contributed by atoms with E-state index in [9.17, 15) is 15.0 Å². The summed E-state index contributed by atoms with van der Waals surface area (Å²) in [7, 11) is 2.81. The van der Waals surface area contributed by atoms with Gasteiger partial charge in [0, 0.05) is 14.2 Å². The van der Waals surface area contributed by atoms with Crippen LogP contribution in [0.25, 0.3) is 0 Å². The lowest BCUT2D eigenvalue weighted by Crippen LogP contribution is -2.44. The fourth-order valence-electron chi connectivity index (χ4n) is 1.35. The van der Waals surface area contributed by atoms with Gasteiger partial charge < -0.3 is 20.7 Å². The van der Waals surface area contributed by atoms with E-state index in [0.717, 1.165) is 0 Å². The van der Waals surface area contributed by atoms with E-state index >= 15 is 0 Å². The summed E-state index contributed by atoms with van der Waals surface area (Å²) in [6.45, 7) is -0.103. The Morgan fingerprint density at radius 3 is 2.79 bits per heavy atom. The number of nitrogens with two attached hydrogens (primary N) is 1. The Hall–Kier alpha value is -1.59. The highest BCUT2D eigenvalue weighted by Gasteiger charge is 2.28. The number of ether oxygens (including phenoxy) is 1. The Bertz CT molecular complexity index is 411. The van der Waals surface area contributed by atoms with Crippen LogP contribution >= 0.6 is 0 Å². The number of primary amides is 1. The lowest BCUT2D eigenvalue weighted by Gasteiger charge is -2.24. The van der Waals surface area contributed by atoms with Gasteiger partial charge >= 0.3 is 0 Å². The first-order valence-electron chi connectivity index (χ1n) is 5.40. The van der Waals surface area contributed by atoms with Gasteiger partial charge in [0.25, 0.3) is 5.91 Å². The lowest BCUT2D eigenvalue weighted by atomic mass is 10.2. The number of nitrogens with zero attached hydrogens (tertiary/aromatic N) is 3. The van der Waals surface area contributed by atoms with Crippen LogP contribution in [0.5, 0.6) is 0 Å². The highest BCUT2D eigenvalue weighted by molar-refractivity contribution is 5.88. The third-order valence-electron chi connectivity index (χ3n) is 2.27. The molecule has 3 atom stereocenters. The van der Waals surface area contributed by atoms with Gasteiger partial charge in [-0.1, -0.05) is 0 Å². The fraction of sp³-hybridized carbons (Fsp3) is 0.667. The first-order valence-corrected chi connectivity index (χ1v) is 5.40. The highest BCUT2D eigenvalue weighted by Crippen LogP contribution is 2.06. The number of hydrogen-bond donors (Lipinski definition) is 4. The standard InChI is InChI=1S/C9H17N5O5/c1-11-19-9(18-2)6(16)5(15)3-14-4-12-8(13-14)7(10)17/h4-6,9,11,15-16H,3H2,1-2H3,(H2,10,17)/t5-,6-,9?/m0/s1. The molecule has 0 spiro atoms. The Morgan fingerprint density at radius 2 is 2.32 bits per heavy atom. The maximum Gasteiger partial charge on any atom is 0.288 e. The molecule has 19 heavy (non-hydrogen) atoms. The van der Waals surface area contributed by atoms with Crippen LogP contribution in [0.15, 0.2) is 6.33 Å². The molecule has 0 saturated carbocycles. The van der Waals surface area contributed by atoms with Gasteiger partial charge in [-0.05, 0) is 0 Å². The topological polar surface area (TPSA) is 145 Å². The zero-order chi connectivity index (χ0) is 14.4. The summed E-state index contributed by atoms with van der Waals surface area (Å²) in [5.74, 6) is -0.946. The van der Waals surface area contributed by atoms with E-state index in [2.05, 4.69) is 15.6 Å². The van der Waals surface area contributed by atoms with Crippen LogP contribution in [0.4, 0.5) is 0 Å². The van der Waals surface area contributed by atoms with Crippen molar-refractivity contribution >= 4 is 5.91 Å². The molecular formula is C9H17N5O5. The molecule has 0 radical (unpaired) electrons. The zero-order valence-corrected chi connectivity index (χ0v) is 10.6. The molecule has 108 valence electrons. The predicted octanol–water partition coefficient (Wildman–Crippen LogP) is -2.78. The number of carbonyl (C=O) groups is 1. The summed E-state index contributed by atoms with van der Waals surface area (Å²) in [5.41, 5.74) is 7.33. The predicted molar refractivity (Wildman–Crippen MR) is 61.5 cm³/mol. The fourth-order valence-corrected chi connectivity index (χ4v) is 1.35. The van der Waals surface area contributed by atoms with Gasteiger partial charge in [-0.3, -0.25) is 9.63 Å². The molecule has 0 bridgehead atoms. The van der Waals surface area contributed by atoms with Crippen LogP contribution in [0.1, 0.15) is 10.6 Å². The smallest absolute Gasteiger partial charge is 0.288 e. The summed E-state index contributed by atoms with van der Waals surface area (Å²) in [5, 5.41) is 23.3. The molecule has 1 amide bonds. The van der Waals surface area contributed by atoms with Crippen LogP contribution in [0, 0.1) is 0 Å². The van der Waals surface area contributed by atoms with Crippen molar-refractivity contribution in [2.45, 2.75) is 25.0 Å². The zero-order valence-electron chi connectivity index (χ0n) is 10.6. The summed E-state index contributed by atoms with van der Waals surface area (Å²) in [6, 6.07) is 0. The van der Waals surface area contributed by atoms with E-state index in [4.69, 9.17) is 15.3 Å². The van der Waals surface area contributed by atoms with Crippen molar-refractivity contribution in [3.05, 3.63) is 12.2 Å². The van der Waals surface area contributed by atoms with E-state index in [1.165, 1.54) is 25.2 Å². The number of carbonyl (C=O) groups excluding carboxylic acids is 1. The van der Waals surface area contributed by atoms with Gasteiger partial charge in [-0.15, -0.1) is 5.10 Å². The highest BCUT2D eigenvalue weighted by atomic mass is 16.8. The Kier molecular flexibility index (Phi) is 5.79. The first kappa shape index (κ1) is 15.5. The monoisotopic (exact) mass is 275 g/mol. The molecule has 10 nitrogen and oxygen atoms in total. The van der Waals surface area contributed by atoms with Gasteiger partial charge in [0.1, 0.15) is 18.5 Å². The molecule has 0 aromatic carbocycles. The Labute approximate surface area is 109 Å². The number of amides is 1. The molecule has 1 rings (SSSR count). The largest absolute Gasteiger partial charge is 0.388 e. The summed E-state index contributed by atoms with van der Waals surface area (Å²) in [6.07, 6.45) is -2.39. The quantitative estimate of drug-likeness (QED) is 0.294. The molecule has 10 heteroatoms. The van der Waals surface area contributed by atoms with E-state index in [1.807, 2.05) is 0 Å². The van der Waals surface area contributed by atoms with Crippen molar-refractivity contribution in [1.29, 1.82) is 0 Å². The number of methoxy groups -OCH3 is 1. The van der Waals surface area contributed by atoms with Crippen molar-refractivity contribution < 1.29 is 24.6 Å². The van der Waals surface area contributed by atoms with Crippen LogP contribution in [0.3, 0.4) is 0 Å². The van der Waals surface area contributed by atoms with Crippen LogP contribution in [-0.4, -0.2) is 63.5 Å². The minimum Gasteiger partial charge on any atom is -0.388 e. The van der Waals surface area contributed by atoms with Crippen LogP contribution in [-0.2, 0) is 16.1 Å². The minimum absolute atomic E-state index is 0.103. The van der Waals surface area contributed by atoms with Gasteiger partial charge in [0.05, 0.1) is 6.54 Å². The maximum absolute atomic E-state index is 10.8. The number of aromatic nitrogens is 3. The lowest BCUT2D eigenvalue weighted by molar-refractivity contribution is -0.228. The van der Waals surface area contributed by atoms with Crippen molar-refractivity contribution in [3.63, 3.8) is 0 Å².